The Morgan fingerprint density at radius 1 is 1.17 bits per heavy atom. The molecule has 0 fully saturated rings. The molecule has 120 valence electrons. The van der Waals surface area contributed by atoms with Gasteiger partial charge in [-0.3, -0.25) is 4.79 Å². The van der Waals surface area contributed by atoms with Crippen molar-refractivity contribution in [3.63, 3.8) is 0 Å². The SMILES string of the molecule is C=CCN(c1ccc(C(C)=O)cc1)c1nc(-c2ccccc2)cs1. The van der Waals surface area contributed by atoms with Crippen LogP contribution >= 0.6 is 11.3 Å². The molecule has 3 nitrogen and oxygen atoms in total. The first-order valence-electron chi connectivity index (χ1n) is 7.69. The van der Waals surface area contributed by atoms with Crippen molar-refractivity contribution >= 4 is 27.9 Å². The van der Waals surface area contributed by atoms with Crippen LogP contribution < -0.4 is 4.90 Å². The Balaban J connectivity index is 1.92. The van der Waals surface area contributed by atoms with Gasteiger partial charge in [-0.25, -0.2) is 4.98 Å². The quantitative estimate of drug-likeness (QED) is 0.451. The van der Waals surface area contributed by atoms with E-state index in [-0.39, 0.29) is 5.78 Å². The molecular weight excluding hydrogens is 316 g/mol. The summed E-state index contributed by atoms with van der Waals surface area (Å²) in [6, 6.07) is 17.7. The molecule has 1 aromatic heterocycles. The molecule has 0 aliphatic carbocycles. The van der Waals surface area contributed by atoms with Gasteiger partial charge in [-0.1, -0.05) is 36.4 Å². The number of nitrogens with zero attached hydrogens (tertiary/aromatic N) is 2. The van der Waals surface area contributed by atoms with Crippen molar-refractivity contribution in [3.05, 3.63) is 78.2 Å². The Bertz CT molecular complexity index is 838. The molecule has 24 heavy (non-hydrogen) atoms. The van der Waals surface area contributed by atoms with E-state index in [0.29, 0.717) is 12.1 Å². The van der Waals surface area contributed by atoms with E-state index in [1.807, 2.05) is 48.5 Å². The Labute approximate surface area is 145 Å². The van der Waals surface area contributed by atoms with Crippen LogP contribution in [0.4, 0.5) is 10.8 Å². The highest BCUT2D eigenvalue weighted by Crippen LogP contribution is 2.32. The Morgan fingerprint density at radius 2 is 1.88 bits per heavy atom. The van der Waals surface area contributed by atoms with Crippen LogP contribution in [-0.4, -0.2) is 17.3 Å². The molecule has 0 amide bonds. The number of hydrogen-bond acceptors (Lipinski definition) is 4. The lowest BCUT2D eigenvalue weighted by molar-refractivity contribution is 0.101. The molecule has 0 spiro atoms. The fourth-order valence-electron chi connectivity index (χ4n) is 2.43. The minimum absolute atomic E-state index is 0.0671. The molecule has 1 heterocycles. The number of Topliss-reactive ketones (excluding diaryl/α,β-unsaturated/α-hetero) is 1. The average Bonchev–Trinajstić information content (AvgIpc) is 3.10. The van der Waals surface area contributed by atoms with Gasteiger partial charge < -0.3 is 4.90 Å². The number of anilines is 2. The standard InChI is InChI=1S/C20H18N2OS/c1-3-13-22(18-11-9-16(10-12-18)15(2)23)20-21-19(14-24-20)17-7-5-4-6-8-17/h3-12,14H,1,13H2,2H3. The predicted octanol–water partition coefficient (Wildman–Crippen LogP) is 5.34. The van der Waals surface area contributed by atoms with Crippen LogP contribution in [0.5, 0.6) is 0 Å². The zero-order valence-corrected chi connectivity index (χ0v) is 14.3. The van der Waals surface area contributed by atoms with Gasteiger partial charge >= 0.3 is 0 Å². The van der Waals surface area contributed by atoms with Crippen molar-refractivity contribution in [3.8, 4) is 11.3 Å². The summed E-state index contributed by atoms with van der Waals surface area (Å²) < 4.78 is 0. The van der Waals surface area contributed by atoms with E-state index in [2.05, 4.69) is 29.0 Å². The normalized spacial score (nSPS) is 10.4. The van der Waals surface area contributed by atoms with E-state index in [1.165, 1.54) is 0 Å². The van der Waals surface area contributed by atoms with Gasteiger partial charge in [-0.2, -0.15) is 0 Å². The first-order chi connectivity index (χ1) is 11.7. The van der Waals surface area contributed by atoms with Gasteiger partial charge in [0.25, 0.3) is 0 Å². The predicted molar refractivity (Wildman–Crippen MR) is 101 cm³/mol. The van der Waals surface area contributed by atoms with Crippen LogP contribution in [0, 0.1) is 0 Å². The molecule has 0 atom stereocenters. The monoisotopic (exact) mass is 334 g/mol. The third kappa shape index (κ3) is 3.44. The van der Waals surface area contributed by atoms with Crippen LogP contribution in [0.3, 0.4) is 0 Å². The lowest BCUT2D eigenvalue weighted by atomic mass is 10.1. The fraction of sp³-hybridized carbons (Fsp3) is 0.100. The van der Waals surface area contributed by atoms with Gasteiger partial charge in [0.05, 0.1) is 5.69 Å². The first kappa shape index (κ1) is 16.1. The second-order valence-corrected chi connectivity index (χ2v) is 6.22. The number of thiazole rings is 1. The minimum Gasteiger partial charge on any atom is -0.314 e. The maximum absolute atomic E-state index is 11.4. The smallest absolute Gasteiger partial charge is 0.190 e. The minimum atomic E-state index is 0.0671. The van der Waals surface area contributed by atoms with Crippen molar-refractivity contribution in [2.75, 3.05) is 11.4 Å². The topological polar surface area (TPSA) is 33.2 Å². The van der Waals surface area contributed by atoms with E-state index < -0.39 is 0 Å². The zero-order chi connectivity index (χ0) is 16.9. The van der Waals surface area contributed by atoms with Gasteiger partial charge in [-0.15, -0.1) is 17.9 Å². The van der Waals surface area contributed by atoms with Crippen LogP contribution in [-0.2, 0) is 0 Å². The van der Waals surface area contributed by atoms with Crippen molar-refractivity contribution in [1.29, 1.82) is 0 Å². The van der Waals surface area contributed by atoms with E-state index in [0.717, 1.165) is 22.1 Å². The third-order valence-corrected chi connectivity index (χ3v) is 4.55. The summed E-state index contributed by atoms with van der Waals surface area (Å²) in [6.07, 6.45) is 1.85. The van der Waals surface area contributed by atoms with Gasteiger partial charge in [0.1, 0.15) is 0 Å². The molecule has 0 bridgehead atoms. The summed E-state index contributed by atoms with van der Waals surface area (Å²) in [7, 11) is 0. The Kier molecular flexibility index (Phi) is 4.87. The maximum Gasteiger partial charge on any atom is 0.190 e. The van der Waals surface area contributed by atoms with E-state index in [4.69, 9.17) is 4.98 Å². The second kappa shape index (κ2) is 7.23. The Hall–Kier alpha value is -2.72. The molecule has 3 aromatic rings. The first-order valence-corrected chi connectivity index (χ1v) is 8.57. The second-order valence-electron chi connectivity index (χ2n) is 5.38. The van der Waals surface area contributed by atoms with Crippen molar-refractivity contribution in [1.82, 2.24) is 4.98 Å². The van der Waals surface area contributed by atoms with Gasteiger partial charge in [-0.05, 0) is 31.2 Å². The van der Waals surface area contributed by atoms with Crippen LogP contribution in [0.2, 0.25) is 0 Å². The highest BCUT2D eigenvalue weighted by molar-refractivity contribution is 7.14. The number of hydrogen-bond donors (Lipinski definition) is 0. The summed E-state index contributed by atoms with van der Waals surface area (Å²) in [6.45, 7) is 6.07. The van der Waals surface area contributed by atoms with Gasteiger partial charge in [0.2, 0.25) is 0 Å². The lowest BCUT2D eigenvalue weighted by Crippen LogP contribution is -2.16. The van der Waals surface area contributed by atoms with E-state index >= 15 is 0 Å². The summed E-state index contributed by atoms with van der Waals surface area (Å²) in [4.78, 5) is 18.3. The summed E-state index contributed by atoms with van der Waals surface area (Å²) >= 11 is 1.60. The number of benzene rings is 2. The molecule has 0 aliphatic rings. The number of carbonyl (C=O) groups is 1. The highest BCUT2D eigenvalue weighted by atomic mass is 32.1. The summed E-state index contributed by atoms with van der Waals surface area (Å²) in [5, 5.41) is 2.97. The summed E-state index contributed by atoms with van der Waals surface area (Å²) in [5.74, 6) is 0.0671. The molecule has 4 heteroatoms. The number of rotatable bonds is 6. The molecule has 2 aromatic carbocycles. The number of aromatic nitrogens is 1. The van der Waals surface area contributed by atoms with E-state index in [9.17, 15) is 4.79 Å². The zero-order valence-electron chi connectivity index (χ0n) is 13.5. The lowest BCUT2D eigenvalue weighted by Gasteiger charge is -2.20. The van der Waals surface area contributed by atoms with E-state index in [1.54, 1.807) is 18.3 Å². The van der Waals surface area contributed by atoms with Gasteiger partial charge in [0, 0.05) is 28.7 Å². The Morgan fingerprint density at radius 3 is 2.50 bits per heavy atom. The average molecular weight is 334 g/mol. The molecule has 0 saturated heterocycles. The highest BCUT2D eigenvalue weighted by Gasteiger charge is 2.13. The molecule has 0 saturated carbocycles. The molecule has 3 rings (SSSR count). The molecule has 0 unspecified atom stereocenters. The van der Waals surface area contributed by atoms with Crippen LogP contribution in [0.25, 0.3) is 11.3 Å². The van der Waals surface area contributed by atoms with Crippen LogP contribution in [0.1, 0.15) is 17.3 Å². The summed E-state index contributed by atoms with van der Waals surface area (Å²) in [5.41, 5.74) is 3.77. The third-order valence-electron chi connectivity index (χ3n) is 3.69. The maximum atomic E-state index is 11.4. The molecule has 0 radical (unpaired) electrons. The number of carbonyl (C=O) groups excluding carboxylic acids is 1. The van der Waals surface area contributed by atoms with Crippen LogP contribution in [0.15, 0.2) is 72.6 Å². The molecule has 0 N–H and O–H groups in total. The largest absolute Gasteiger partial charge is 0.314 e. The van der Waals surface area contributed by atoms with Gasteiger partial charge in [0.15, 0.2) is 10.9 Å². The van der Waals surface area contributed by atoms with Crippen molar-refractivity contribution < 1.29 is 4.79 Å². The van der Waals surface area contributed by atoms with Crippen molar-refractivity contribution in [2.45, 2.75) is 6.92 Å². The fourth-order valence-corrected chi connectivity index (χ4v) is 3.29. The number of ketones is 1. The molecule has 0 aliphatic heterocycles. The molecular formula is C20H18N2OS. The van der Waals surface area contributed by atoms with Crippen molar-refractivity contribution in [2.24, 2.45) is 0 Å².